The molecule has 1 aliphatic heterocycles. The van der Waals surface area contributed by atoms with Crippen LogP contribution >= 0.6 is 11.6 Å². The Balaban J connectivity index is 1.59. The van der Waals surface area contributed by atoms with Gasteiger partial charge in [0.15, 0.2) is 6.10 Å². The Hall–Kier alpha value is -2.73. The van der Waals surface area contributed by atoms with E-state index in [9.17, 15) is 9.59 Å². The van der Waals surface area contributed by atoms with E-state index in [1.54, 1.807) is 42.0 Å². The van der Waals surface area contributed by atoms with Crippen LogP contribution in [0, 0.1) is 6.92 Å². The minimum Gasteiger partial charge on any atom is -0.497 e. The van der Waals surface area contributed by atoms with Crippen LogP contribution in [0.5, 0.6) is 11.5 Å². The van der Waals surface area contributed by atoms with E-state index in [4.69, 9.17) is 21.1 Å². The largest absolute Gasteiger partial charge is 0.497 e. The molecule has 3 rings (SSSR count). The fraction of sp³-hybridized carbons (Fsp3) is 0.391. The molecule has 0 aliphatic carbocycles. The summed E-state index contributed by atoms with van der Waals surface area (Å²) in [5.41, 5.74) is 1.90. The maximum absolute atomic E-state index is 12.9. The lowest BCUT2D eigenvalue weighted by molar-refractivity contribution is -0.137. The van der Waals surface area contributed by atoms with Gasteiger partial charge in [0.1, 0.15) is 11.5 Å². The number of halogens is 1. The van der Waals surface area contributed by atoms with Crippen molar-refractivity contribution in [3.8, 4) is 11.5 Å². The number of hydrogen-bond acceptors (Lipinski definition) is 4. The fourth-order valence-electron chi connectivity index (χ4n) is 3.45. The molecule has 2 aromatic carbocycles. The summed E-state index contributed by atoms with van der Waals surface area (Å²) in [7, 11) is 1.62. The van der Waals surface area contributed by atoms with Crippen LogP contribution in [0.25, 0.3) is 0 Å². The zero-order valence-electron chi connectivity index (χ0n) is 17.6. The molecular weight excluding hydrogens is 404 g/mol. The number of hydrogen-bond donors (Lipinski definition) is 0. The number of carbonyl (C=O) groups excluding carboxylic acids is 2. The molecule has 0 bridgehead atoms. The van der Waals surface area contributed by atoms with Gasteiger partial charge in [0.2, 0.25) is 5.91 Å². The van der Waals surface area contributed by atoms with Gasteiger partial charge in [-0.2, -0.15) is 0 Å². The molecular formula is C23H27ClN2O4. The lowest BCUT2D eigenvalue weighted by atomic mass is 10.2. The molecule has 0 spiro atoms. The summed E-state index contributed by atoms with van der Waals surface area (Å²) in [5, 5.41) is 0.627. The summed E-state index contributed by atoms with van der Waals surface area (Å²) in [4.78, 5) is 29.0. The zero-order valence-corrected chi connectivity index (χ0v) is 18.3. The molecule has 1 atom stereocenters. The molecule has 30 heavy (non-hydrogen) atoms. The lowest BCUT2D eigenvalue weighted by Gasteiger charge is -2.25. The number of methoxy groups -OCH3 is 1. The molecule has 0 saturated carbocycles. The first-order chi connectivity index (χ1) is 14.4. The maximum atomic E-state index is 12.9. The average Bonchev–Trinajstić information content (AvgIpc) is 2.92. The van der Waals surface area contributed by atoms with Gasteiger partial charge in [-0.25, -0.2) is 0 Å². The summed E-state index contributed by atoms with van der Waals surface area (Å²) in [6.07, 6.45) is -0.345. The first-order valence-corrected chi connectivity index (χ1v) is 10.4. The maximum Gasteiger partial charge on any atom is 0.263 e. The van der Waals surface area contributed by atoms with Crippen LogP contribution in [0.4, 0.5) is 0 Å². The normalized spacial score (nSPS) is 15.5. The van der Waals surface area contributed by atoms with Crippen LogP contribution in [-0.2, 0) is 16.1 Å². The molecule has 0 radical (unpaired) electrons. The van der Waals surface area contributed by atoms with Gasteiger partial charge in [0, 0.05) is 37.6 Å². The van der Waals surface area contributed by atoms with Gasteiger partial charge >= 0.3 is 0 Å². The molecule has 160 valence electrons. The summed E-state index contributed by atoms with van der Waals surface area (Å²) in [5.74, 6) is 1.33. The van der Waals surface area contributed by atoms with Crippen LogP contribution in [-0.4, -0.2) is 54.5 Å². The minimum absolute atomic E-state index is 0.0447. The molecule has 1 heterocycles. The van der Waals surface area contributed by atoms with Gasteiger partial charge in [-0.1, -0.05) is 23.7 Å². The standard InChI is InChI=1S/C23H27ClN2O4/c1-16-14-19(24)6-9-21(16)30-17(2)23(28)25-11-10-22(27)26(13-12-25)15-18-4-7-20(29-3)8-5-18/h4-9,14,17H,10-13,15H2,1-3H3/t17-/m1/s1. The van der Waals surface area contributed by atoms with E-state index in [-0.39, 0.29) is 11.8 Å². The van der Waals surface area contributed by atoms with Gasteiger partial charge in [-0.3, -0.25) is 9.59 Å². The number of aryl methyl sites for hydroxylation is 1. The van der Waals surface area contributed by atoms with Crippen molar-refractivity contribution in [3.05, 3.63) is 58.6 Å². The third-order valence-electron chi connectivity index (χ3n) is 5.22. The van der Waals surface area contributed by atoms with Crippen LogP contribution in [0.1, 0.15) is 24.5 Å². The third kappa shape index (κ3) is 5.45. The first kappa shape index (κ1) is 22.0. The Morgan fingerprint density at radius 1 is 1.13 bits per heavy atom. The van der Waals surface area contributed by atoms with Crippen molar-refractivity contribution in [2.24, 2.45) is 0 Å². The van der Waals surface area contributed by atoms with Crippen LogP contribution < -0.4 is 9.47 Å². The fourth-order valence-corrected chi connectivity index (χ4v) is 3.68. The molecule has 0 N–H and O–H groups in total. The van der Waals surface area contributed by atoms with Crippen molar-refractivity contribution in [3.63, 3.8) is 0 Å². The highest BCUT2D eigenvalue weighted by molar-refractivity contribution is 6.30. The van der Waals surface area contributed by atoms with E-state index in [1.807, 2.05) is 31.2 Å². The smallest absolute Gasteiger partial charge is 0.263 e. The summed E-state index contributed by atoms with van der Waals surface area (Å²) in [6.45, 7) is 5.50. The Kier molecular flexibility index (Phi) is 7.21. The van der Waals surface area contributed by atoms with Gasteiger partial charge in [0.05, 0.1) is 7.11 Å². The first-order valence-electron chi connectivity index (χ1n) is 9.99. The van der Waals surface area contributed by atoms with E-state index in [0.717, 1.165) is 16.9 Å². The van der Waals surface area contributed by atoms with E-state index in [0.29, 0.717) is 43.4 Å². The molecule has 1 saturated heterocycles. The van der Waals surface area contributed by atoms with E-state index in [1.165, 1.54) is 0 Å². The van der Waals surface area contributed by atoms with Crippen LogP contribution in [0.15, 0.2) is 42.5 Å². The second kappa shape index (κ2) is 9.85. The number of rotatable bonds is 6. The Labute approximate surface area is 182 Å². The third-order valence-corrected chi connectivity index (χ3v) is 5.46. The van der Waals surface area contributed by atoms with Crippen LogP contribution in [0.3, 0.4) is 0 Å². The van der Waals surface area contributed by atoms with E-state index < -0.39 is 6.10 Å². The number of benzene rings is 2. The second-order valence-electron chi connectivity index (χ2n) is 7.41. The second-order valence-corrected chi connectivity index (χ2v) is 7.84. The van der Waals surface area contributed by atoms with Crippen molar-refractivity contribution in [2.45, 2.75) is 32.9 Å². The molecule has 7 heteroatoms. The van der Waals surface area contributed by atoms with Crippen molar-refractivity contribution in [2.75, 3.05) is 26.7 Å². The Bertz CT molecular complexity index is 901. The van der Waals surface area contributed by atoms with Crippen molar-refractivity contribution in [1.82, 2.24) is 9.80 Å². The number of nitrogens with zero attached hydrogens (tertiary/aromatic N) is 2. The SMILES string of the molecule is COc1ccc(CN2CCN(C(=O)[C@@H](C)Oc3ccc(Cl)cc3C)CCC2=O)cc1. The van der Waals surface area contributed by atoms with Gasteiger partial charge in [-0.05, 0) is 55.3 Å². The molecule has 1 aliphatic rings. The topological polar surface area (TPSA) is 59.1 Å². The van der Waals surface area contributed by atoms with E-state index >= 15 is 0 Å². The highest BCUT2D eigenvalue weighted by atomic mass is 35.5. The van der Waals surface area contributed by atoms with Crippen LogP contribution in [0.2, 0.25) is 5.02 Å². The van der Waals surface area contributed by atoms with Gasteiger partial charge in [0.25, 0.3) is 5.91 Å². The van der Waals surface area contributed by atoms with Crippen molar-refractivity contribution < 1.29 is 19.1 Å². The Morgan fingerprint density at radius 3 is 2.53 bits per heavy atom. The van der Waals surface area contributed by atoms with Gasteiger partial charge < -0.3 is 19.3 Å². The predicted molar refractivity (Wildman–Crippen MR) is 116 cm³/mol. The molecule has 0 unspecified atom stereocenters. The molecule has 0 aromatic heterocycles. The number of carbonyl (C=O) groups is 2. The lowest BCUT2D eigenvalue weighted by Crippen LogP contribution is -2.42. The highest BCUT2D eigenvalue weighted by Crippen LogP contribution is 2.23. The monoisotopic (exact) mass is 430 g/mol. The zero-order chi connectivity index (χ0) is 21.7. The summed E-state index contributed by atoms with van der Waals surface area (Å²) in [6, 6.07) is 13.0. The van der Waals surface area contributed by atoms with Crippen molar-refractivity contribution >= 4 is 23.4 Å². The quantitative estimate of drug-likeness (QED) is 0.701. The summed E-state index contributed by atoms with van der Waals surface area (Å²) >= 11 is 5.98. The highest BCUT2D eigenvalue weighted by Gasteiger charge is 2.27. The predicted octanol–water partition coefficient (Wildman–Crippen LogP) is 3.69. The molecule has 6 nitrogen and oxygen atoms in total. The number of ether oxygens (including phenoxy) is 2. The number of amides is 2. The van der Waals surface area contributed by atoms with Gasteiger partial charge in [-0.15, -0.1) is 0 Å². The summed E-state index contributed by atoms with van der Waals surface area (Å²) < 4.78 is 11.0. The Morgan fingerprint density at radius 2 is 1.87 bits per heavy atom. The molecule has 2 aromatic rings. The molecule has 1 fully saturated rings. The average molecular weight is 431 g/mol. The van der Waals surface area contributed by atoms with E-state index in [2.05, 4.69) is 0 Å². The molecule has 2 amide bonds. The minimum atomic E-state index is -0.645. The van der Waals surface area contributed by atoms with Crippen molar-refractivity contribution in [1.29, 1.82) is 0 Å².